The summed E-state index contributed by atoms with van der Waals surface area (Å²) in [5.74, 6) is 0.483. The van der Waals surface area contributed by atoms with Crippen LogP contribution >= 0.6 is 0 Å². The predicted octanol–water partition coefficient (Wildman–Crippen LogP) is 1.73. The number of likely N-dealkylation sites (tertiary alicyclic amines) is 1. The van der Waals surface area contributed by atoms with Crippen molar-refractivity contribution in [2.75, 3.05) is 46.1 Å². The molecule has 1 unspecified atom stereocenters. The Balaban J connectivity index is 1.42. The van der Waals surface area contributed by atoms with Gasteiger partial charge in [-0.05, 0) is 31.5 Å². The summed E-state index contributed by atoms with van der Waals surface area (Å²) in [6.07, 6.45) is 4.46. The summed E-state index contributed by atoms with van der Waals surface area (Å²) < 4.78 is 17.2. The lowest BCUT2D eigenvalue weighted by atomic mass is 10.1. The molecule has 1 atom stereocenters. The molecule has 3 rings (SSSR count). The highest BCUT2D eigenvalue weighted by Gasteiger charge is 2.24. The van der Waals surface area contributed by atoms with Crippen LogP contribution < -0.4 is 0 Å². The maximum atomic E-state index is 6.05. The Morgan fingerprint density at radius 2 is 2.09 bits per heavy atom. The lowest BCUT2D eigenvalue weighted by molar-refractivity contribution is -0.0194. The summed E-state index contributed by atoms with van der Waals surface area (Å²) in [6, 6.07) is 5.95. The summed E-state index contributed by atoms with van der Waals surface area (Å²) in [7, 11) is 0. The van der Waals surface area contributed by atoms with Crippen LogP contribution in [-0.4, -0.2) is 62.0 Å². The molecule has 0 bridgehead atoms. The van der Waals surface area contributed by atoms with Crippen LogP contribution in [0.25, 0.3) is 0 Å². The van der Waals surface area contributed by atoms with Crippen molar-refractivity contribution < 1.29 is 14.2 Å². The van der Waals surface area contributed by atoms with Crippen LogP contribution in [0.15, 0.2) is 24.4 Å². The van der Waals surface area contributed by atoms with Crippen molar-refractivity contribution in [1.29, 1.82) is 0 Å². The van der Waals surface area contributed by atoms with Gasteiger partial charge in [0.1, 0.15) is 0 Å². The summed E-state index contributed by atoms with van der Waals surface area (Å²) in [5.41, 5.74) is 1.00. The van der Waals surface area contributed by atoms with Gasteiger partial charge in [0.15, 0.2) is 0 Å². The highest BCUT2D eigenvalue weighted by Crippen LogP contribution is 2.17. The fourth-order valence-corrected chi connectivity index (χ4v) is 3.14. The molecule has 0 spiro atoms. The maximum absolute atomic E-state index is 6.05. The third-order valence-electron chi connectivity index (χ3n) is 4.25. The van der Waals surface area contributed by atoms with Crippen LogP contribution in [0, 0.1) is 5.92 Å². The van der Waals surface area contributed by atoms with E-state index in [1.807, 2.05) is 24.4 Å². The molecule has 2 aliphatic heterocycles. The van der Waals surface area contributed by atoms with Crippen LogP contribution in [-0.2, 0) is 20.8 Å². The molecule has 22 heavy (non-hydrogen) atoms. The Morgan fingerprint density at radius 1 is 1.23 bits per heavy atom. The third-order valence-corrected chi connectivity index (χ3v) is 4.25. The topological polar surface area (TPSA) is 43.8 Å². The van der Waals surface area contributed by atoms with Gasteiger partial charge in [-0.1, -0.05) is 6.07 Å². The summed E-state index contributed by atoms with van der Waals surface area (Å²) >= 11 is 0. The molecule has 3 heterocycles. The number of nitrogens with zero attached hydrogens (tertiary/aromatic N) is 2. The number of pyridine rings is 1. The molecule has 5 nitrogen and oxygen atoms in total. The second-order valence-electron chi connectivity index (χ2n) is 6.17. The van der Waals surface area contributed by atoms with E-state index in [9.17, 15) is 0 Å². The maximum Gasteiger partial charge on any atom is 0.0892 e. The van der Waals surface area contributed by atoms with E-state index in [4.69, 9.17) is 14.2 Å². The first kappa shape index (κ1) is 15.9. The molecule has 2 fully saturated rings. The van der Waals surface area contributed by atoms with E-state index < -0.39 is 0 Å². The van der Waals surface area contributed by atoms with Crippen molar-refractivity contribution in [3.8, 4) is 0 Å². The third kappa shape index (κ3) is 5.02. The number of hydrogen-bond acceptors (Lipinski definition) is 5. The molecule has 0 saturated carbocycles. The van der Waals surface area contributed by atoms with Gasteiger partial charge in [0.2, 0.25) is 0 Å². The Bertz CT molecular complexity index is 421. The van der Waals surface area contributed by atoms with Gasteiger partial charge in [-0.3, -0.25) is 4.98 Å². The summed E-state index contributed by atoms with van der Waals surface area (Å²) in [6.45, 7) is 6.90. The van der Waals surface area contributed by atoms with Crippen molar-refractivity contribution in [3.05, 3.63) is 30.1 Å². The molecule has 0 amide bonds. The SMILES string of the molecule is c1ccc(COC2CCCN(CC3COCCOC3)C2)nc1. The predicted molar refractivity (Wildman–Crippen MR) is 83.6 cm³/mol. The molecule has 0 N–H and O–H groups in total. The van der Waals surface area contributed by atoms with Gasteiger partial charge in [-0.25, -0.2) is 0 Å². The molecule has 1 aromatic heterocycles. The average Bonchev–Trinajstić information content (AvgIpc) is 2.83. The highest BCUT2D eigenvalue weighted by atomic mass is 16.5. The van der Waals surface area contributed by atoms with Gasteiger partial charge >= 0.3 is 0 Å². The van der Waals surface area contributed by atoms with E-state index in [0.717, 1.165) is 58.2 Å². The fourth-order valence-electron chi connectivity index (χ4n) is 3.14. The van der Waals surface area contributed by atoms with Crippen LogP contribution in [0.4, 0.5) is 0 Å². The second-order valence-corrected chi connectivity index (χ2v) is 6.17. The summed E-state index contributed by atoms with van der Waals surface area (Å²) in [5, 5.41) is 0. The Morgan fingerprint density at radius 3 is 2.86 bits per heavy atom. The van der Waals surface area contributed by atoms with Crippen LogP contribution in [0.5, 0.6) is 0 Å². The first-order valence-electron chi connectivity index (χ1n) is 8.29. The number of ether oxygens (including phenoxy) is 3. The molecule has 122 valence electrons. The monoisotopic (exact) mass is 306 g/mol. The number of piperidine rings is 1. The number of rotatable bonds is 5. The first-order chi connectivity index (χ1) is 10.9. The van der Waals surface area contributed by atoms with Crippen molar-refractivity contribution in [3.63, 3.8) is 0 Å². The van der Waals surface area contributed by atoms with Gasteiger partial charge in [-0.2, -0.15) is 0 Å². The molecule has 0 aromatic carbocycles. The molecule has 2 saturated heterocycles. The van der Waals surface area contributed by atoms with Gasteiger partial charge in [0.05, 0.1) is 44.8 Å². The molecule has 2 aliphatic rings. The molecule has 0 aliphatic carbocycles. The standard InChI is InChI=1S/C17H26N2O3/c1-2-6-18-16(4-1)14-22-17-5-3-7-19(11-17)10-15-12-20-8-9-21-13-15/h1-2,4,6,15,17H,3,5,7-14H2. The number of hydrogen-bond donors (Lipinski definition) is 0. The largest absolute Gasteiger partial charge is 0.379 e. The zero-order valence-electron chi connectivity index (χ0n) is 13.2. The van der Waals surface area contributed by atoms with Crippen molar-refractivity contribution in [1.82, 2.24) is 9.88 Å². The quantitative estimate of drug-likeness (QED) is 0.829. The van der Waals surface area contributed by atoms with E-state index in [-0.39, 0.29) is 0 Å². The molecular weight excluding hydrogens is 280 g/mol. The zero-order chi connectivity index (χ0) is 15.0. The van der Waals surface area contributed by atoms with Crippen LogP contribution in [0.2, 0.25) is 0 Å². The molecule has 5 heteroatoms. The number of aromatic nitrogens is 1. The van der Waals surface area contributed by atoms with Gasteiger partial charge in [0, 0.05) is 25.2 Å². The molecular formula is C17H26N2O3. The summed E-state index contributed by atoms with van der Waals surface area (Å²) in [4.78, 5) is 6.81. The van der Waals surface area contributed by atoms with Crippen molar-refractivity contribution in [2.24, 2.45) is 5.92 Å². The van der Waals surface area contributed by atoms with E-state index in [2.05, 4.69) is 9.88 Å². The molecule has 1 aromatic rings. The normalized spacial score (nSPS) is 25.0. The van der Waals surface area contributed by atoms with Crippen LogP contribution in [0.3, 0.4) is 0 Å². The smallest absolute Gasteiger partial charge is 0.0892 e. The van der Waals surface area contributed by atoms with E-state index >= 15 is 0 Å². The van der Waals surface area contributed by atoms with Crippen molar-refractivity contribution in [2.45, 2.75) is 25.6 Å². The van der Waals surface area contributed by atoms with Crippen LogP contribution in [0.1, 0.15) is 18.5 Å². The average molecular weight is 306 g/mol. The first-order valence-corrected chi connectivity index (χ1v) is 8.29. The minimum absolute atomic E-state index is 0.309. The lowest BCUT2D eigenvalue weighted by Gasteiger charge is -2.34. The second kappa shape index (κ2) is 8.58. The zero-order valence-corrected chi connectivity index (χ0v) is 13.2. The molecule has 0 radical (unpaired) electrons. The van der Waals surface area contributed by atoms with E-state index in [0.29, 0.717) is 18.6 Å². The fraction of sp³-hybridized carbons (Fsp3) is 0.706. The minimum atomic E-state index is 0.309. The van der Waals surface area contributed by atoms with Gasteiger partial charge < -0.3 is 19.1 Å². The van der Waals surface area contributed by atoms with Gasteiger partial charge in [0.25, 0.3) is 0 Å². The highest BCUT2D eigenvalue weighted by molar-refractivity contribution is 5.02. The Labute approximate surface area is 132 Å². The van der Waals surface area contributed by atoms with E-state index in [1.54, 1.807) is 0 Å². The Hall–Kier alpha value is -1.01. The van der Waals surface area contributed by atoms with E-state index in [1.165, 1.54) is 6.42 Å². The Kier molecular flexibility index (Phi) is 6.19. The lowest BCUT2D eigenvalue weighted by Crippen LogP contribution is -2.43. The van der Waals surface area contributed by atoms with Gasteiger partial charge in [-0.15, -0.1) is 0 Å². The van der Waals surface area contributed by atoms with Crippen molar-refractivity contribution >= 4 is 0 Å². The minimum Gasteiger partial charge on any atom is -0.379 e.